The lowest BCUT2D eigenvalue weighted by Crippen LogP contribution is -1.96. The number of carbonyl (C=O) groups is 1. The van der Waals surface area contributed by atoms with Gasteiger partial charge in [-0.1, -0.05) is 38.0 Å². The van der Waals surface area contributed by atoms with Crippen molar-refractivity contribution < 1.29 is 9.53 Å². The zero-order valence-electron chi connectivity index (χ0n) is 10.7. The smallest absolute Gasteiger partial charge is 0.150 e. The van der Waals surface area contributed by atoms with Crippen molar-refractivity contribution >= 4 is 17.1 Å². The summed E-state index contributed by atoms with van der Waals surface area (Å²) in [7, 11) is 0. The molecule has 0 aliphatic carbocycles. The summed E-state index contributed by atoms with van der Waals surface area (Å²) < 4.78 is 5.70. The van der Waals surface area contributed by atoms with E-state index in [-0.39, 0.29) is 0 Å². The SMILES string of the molecule is CCCCCOc1ccc2ccc(C=O)cc2c1. The summed E-state index contributed by atoms with van der Waals surface area (Å²) in [5.41, 5.74) is 0.700. The molecule has 0 aromatic heterocycles. The maximum Gasteiger partial charge on any atom is 0.150 e. The van der Waals surface area contributed by atoms with Gasteiger partial charge in [-0.25, -0.2) is 0 Å². The number of aldehydes is 1. The van der Waals surface area contributed by atoms with Crippen molar-refractivity contribution in [2.75, 3.05) is 6.61 Å². The van der Waals surface area contributed by atoms with E-state index in [0.29, 0.717) is 5.56 Å². The minimum absolute atomic E-state index is 0.700. The van der Waals surface area contributed by atoms with Gasteiger partial charge < -0.3 is 4.74 Å². The van der Waals surface area contributed by atoms with Gasteiger partial charge in [-0.3, -0.25) is 4.79 Å². The van der Waals surface area contributed by atoms with E-state index in [1.165, 1.54) is 12.8 Å². The number of fused-ring (bicyclic) bond motifs is 1. The van der Waals surface area contributed by atoms with Crippen LogP contribution in [0.4, 0.5) is 0 Å². The van der Waals surface area contributed by atoms with Gasteiger partial charge in [0, 0.05) is 5.56 Å². The Labute approximate surface area is 108 Å². The lowest BCUT2D eigenvalue weighted by molar-refractivity contribution is 0.112. The molecule has 2 rings (SSSR count). The average molecular weight is 242 g/mol. The van der Waals surface area contributed by atoms with Crippen molar-refractivity contribution in [2.24, 2.45) is 0 Å². The number of ether oxygens (including phenoxy) is 1. The Bertz CT molecular complexity index is 532. The molecule has 18 heavy (non-hydrogen) atoms. The van der Waals surface area contributed by atoms with Gasteiger partial charge in [0.05, 0.1) is 6.61 Å². The fraction of sp³-hybridized carbons (Fsp3) is 0.312. The van der Waals surface area contributed by atoms with Crippen LogP contribution in [0.15, 0.2) is 36.4 Å². The molecule has 0 atom stereocenters. The summed E-state index contributed by atoms with van der Waals surface area (Å²) in [6.07, 6.45) is 4.35. The van der Waals surface area contributed by atoms with Gasteiger partial charge in [0.25, 0.3) is 0 Å². The topological polar surface area (TPSA) is 26.3 Å². The first kappa shape index (κ1) is 12.6. The molecule has 0 fully saturated rings. The van der Waals surface area contributed by atoms with Crippen LogP contribution in [0.25, 0.3) is 10.8 Å². The second-order valence-corrected chi connectivity index (χ2v) is 4.44. The molecule has 0 unspecified atom stereocenters. The molecule has 0 radical (unpaired) electrons. The molecule has 0 N–H and O–H groups in total. The molecular formula is C16H18O2. The number of benzene rings is 2. The standard InChI is InChI=1S/C16H18O2/c1-2-3-4-9-18-16-8-7-14-6-5-13(12-17)10-15(14)11-16/h5-8,10-12H,2-4,9H2,1H3. The molecule has 0 saturated heterocycles. The van der Waals surface area contributed by atoms with Crippen LogP contribution in [0.3, 0.4) is 0 Å². The van der Waals surface area contributed by atoms with Crippen molar-refractivity contribution in [3.8, 4) is 5.75 Å². The first-order valence-electron chi connectivity index (χ1n) is 6.45. The summed E-state index contributed by atoms with van der Waals surface area (Å²) in [5.74, 6) is 0.877. The quantitative estimate of drug-likeness (QED) is 0.560. The Morgan fingerprint density at radius 1 is 1.06 bits per heavy atom. The van der Waals surface area contributed by atoms with Crippen LogP contribution in [-0.2, 0) is 0 Å². The molecule has 0 aliphatic rings. The van der Waals surface area contributed by atoms with Crippen LogP contribution in [0.2, 0.25) is 0 Å². The van der Waals surface area contributed by atoms with Crippen molar-refractivity contribution in [2.45, 2.75) is 26.2 Å². The van der Waals surface area contributed by atoms with Gasteiger partial charge in [-0.15, -0.1) is 0 Å². The first-order chi connectivity index (χ1) is 8.83. The maximum atomic E-state index is 10.7. The fourth-order valence-corrected chi connectivity index (χ4v) is 1.95. The number of rotatable bonds is 6. The third-order valence-corrected chi connectivity index (χ3v) is 2.99. The highest BCUT2D eigenvalue weighted by molar-refractivity contribution is 5.89. The molecule has 2 nitrogen and oxygen atoms in total. The fourth-order valence-electron chi connectivity index (χ4n) is 1.95. The zero-order valence-corrected chi connectivity index (χ0v) is 10.7. The number of unbranched alkanes of at least 4 members (excludes halogenated alkanes) is 2. The predicted molar refractivity (Wildman–Crippen MR) is 74.4 cm³/mol. The van der Waals surface area contributed by atoms with Gasteiger partial charge >= 0.3 is 0 Å². The molecule has 2 aromatic carbocycles. The van der Waals surface area contributed by atoms with Crippen molar-refractivity contribution in [1.29, 1.82) is 0 Å². The Morgan fingerprint density at radius 2 is 1.89 bits per heavy atom. The lowest BCUT2D eigenvalue weighted by Gasteiger charge is -2.07. The van der Waals surface area contributed by atoms with Crippen molar-refractivity contribution in [3.63, 3.8) is 0 Å². The van der Waals surface area contributed by atoms with Crippen LogP contribution in [0.1, 0.15) is 36.5 Å². The van der Waals surface area contributed by atoms with E-state index in [2.05, 4.69) is 6.92 Å². The van der Waals surface area contributed by atoms with Crippen LogP contribution >= 0.6 is 0 Å². The highest BCUT2D eigenvalue weighted by Crippen LogP contribution is 2.22. The van der Waals surface area contributed by atoms with Crippen LogP contribution in [0, 0.1) is 0 Å². The third kappa shape index (κ3) is 3.10. The Hall–Kier alpha value is -1.83. The highest BCUT2D eigenvalue weighted by atomic mass is 16.5. The van der Waals surface area contributed by atoms with E-state index in [9.17, 15) is 4.79 Å². The molecule has 0 bridgehead atoms. The maximum absolute atomic E-state index is 10.7. The van der Waals surface area contributed by atoms with Gasteiger partial charge in [0.15, 0.2) is 0 Å². The minimum Gasteiger partial charge on any atom is -0.494 e. The molecule has 0 spiro atoms. The Balaban J connectivity index is 2.12. The van der Waals surface area contributed by atoms with E-state index in [1.54, 1.807) is 0 Å². The summed E-state index contributed by atoms with van der Waals surface area (Å²) in [6, 6.07) is 11.7. The minimum atomic E-state index is 0.700. The molecule has 0 heterocycles. The van der Waals surface area contributed by atoms with Crippen LogP contribution in [-0.4, -0.2) is 12.9 Å². The van der Waals surface area contributed by atoms with Gasteiger partial charge in [0.1, 0.15) is 12.0 Å². The third-order valence-electron chi connectivity index (χ3n) is 2.99. The van der Waals surface area contributed by atoms with Gasteiger partial charge in [-0.05, 0) is 35.4 Å². The summed E-state index contributed by atoms with van der Waals surface area (Å²) in [5, 5.41) is 2.18. The van der Waals surface area contributed by atoms with Crippen LogP contribution < -0.4 is 4.74 Å². The number of carbonyl (C=O) groups excluding carboxylic acids is 1. The molecule has 0 aliphatic heterocycles. The second kappa shape index (κ2) is 6.20. The largest absolute Gasteiger partial charge is 0.494 e. The normalized spacial score (nSPS) is 10.5. The van der Waals surface area contributed by atoms with Crippen molar-refractivity contribution in [3.05, 3.63) is 42.0 Å². The average Bonchev–Trinajstić information content (AvgIpc) is 2.42. The van der Waals surface area contributed by atoms with E-state index in [0.717, 1.165) is 35.8 Å². The molecule has 0 saturated carbocycles. The second-order valence-electron chi connectivity index (χ2n) is 4.44. The summed E-state index contributed by atoms with van der Waals surface area (Å²) in [4.78, 5) is 10.7. The van der Waals surface area contributed by atoms with E-state index < -0.39 is 0 Å². The van der Waals surface area contributed by atoms with E-state index in [4.69, 9.17) is 4.74 Å². The molecule has 0 amide bonds. The van der Waals surface area contributed by atoms with Gasteiger partial charge in [-0.2, -0.15) is 0 Å². The molecule has 94 valence electrons. The van der Waals surface area contributed by atoms with E-state index in [1.807, 2.05) is 36.4 Å². The summed E-state index contributed by atoms with van der Waals surface area (Å²) >= 11 is 0. The molecule has 2 aromatic rings. The monoisotopic (exact) mass is 242 g/mol. The van der Waals surface area contributed by atoms with Gasteiger partial charge in [0.2, 0.25) is 0 Å². The number of hydrogen-bond donors (Lipinski definition) is 0. The predicted octanol–water partition coefficient (Wildman–Crippen LogP) is 4.22. The van der Waals surface area contributed by atoms with Crippen molar-refractivity contribution in [1.82, 2.24) is 0 Å². The highest BCUT2D eigenvalue weighted by Gasteiger charge is 1.99. The van der Waals surface area contributed by atoms with E-state index >= 15 is 0 Å². The molecule has 2 heteroatoms. The van der Waals surface area contributed by atoms with Crippen LogP contribution in [0.5, 0.6) is 5.75 Å². The summed E-state index contributed by atoms with van der Waals surface area (Å²) in [6.45, 7) is 2.93. The first-order valence-corrected chi connectivity index (χ1v) is 6.45. The Kier molecular flexibility index (Phi) is 4.35. The number of hydrogen-bond acceptors (Lipinski definition) is 2. The Morgan fingerprint density at radius 3 is 2.67 bits per heavy atom. The lowest BCUT2D eigenvalue weighted by atomic mass is 10.1. The zero-order chi connectivity index (χ0) is 12.8. The molecular weight excluding hydrogens is 224 g/mol.